The predicted molar refractivity (Wildman–Crippen MR) is 52.6 cm³/mol. The van der Waals surface area contributed by atoms with E-state index in [1.54, 1.807) is 6.07 Å². The number of hydroxylamine groups is 1. The van der Waals surface area contributed by atoms with Gasteiger partial charge >= 0.3 is 0 Å². The largest absolute Gasteiger partial charge is 0.382 e. The van der Waals surface area contributed by atoms with Gasteiger partial charge in [0.05, 0.1) is 5.02 Å². The number of carbonyl (C=O) groups excluding carboxylic acids is 1. The van der Waals surface area contributed by atoms with Crippen molar-refractivity contribution in [1.29, 1.82) is 0 Å². The molecule has 0 fully saturated rings. The van der Waals surface area contributed by atoms with E-state index in [9.17, 15) is 4.79 Å². The number of aromatic nitrogens is 1. The molecule has 0 atom stereocenters. The summed E-state index contributed by atoms with van der Waals surface area (Å²) in [4.78, 5) is 14.4. The number of nitrogens with one attached hydrogen (secondary N) is 1. The Kier molecular flexibility index (Phi) is 3.44. The smallest absolute Gasteiger partial charge is 0.267 e. The molecule has 0 aliphatic carbocycles. The second-order valence-electron chi connectivity index (χ2n) is 2.45. The van der Waals surface area contributed by atoms with Crippen LogP contribution in [-0.2, 0) is 4.79 Å². The first kappa shape index (κ1) is 10.5. The van der Waals surface area contributed by atoms with Crippen LogP contribution in [0.15, 0.2) is 18.3 Å². The Morgan fingerprint density at radius 2 is 2.43 bits per heavy atom. The van der Waals surface area contributed by atoms with Gasteiger partial charge in [0.1, 0.15) is 5.82 Å². The molecule has 0 unspecified atom stereocenters. The molecule has 1 aromatic heterocycles. The van der Waals surface area contributed by atoms with Crippen LogP contribution in [0, 0.1) is 0 Å². The fourth-order valence-electron chi connectivity index (χ4n) is 0.764. The zero-order chi connectivity index (χ0) is 10.6. The van der Waals surface area contributed by atoms with Crippen molar-refractivity contribution in [2.75, 3.05) is 5.73 Å². The van der Waals surface area contributed by atoms with Crippen molar-refractivity contribution < 1.29 is 10.0 Å². The number of nitrogen functional groups attached to an aromatic ring is 1. The number of pyridine rings is 1. The third-order valence-corrected chi connectivity index (χ3v) is 1.73. The molecule has 0 saturated carbocycles. The molecule has 0 bridgehead atoms. The Morgan fingerprint density at radius 1 is 1.71 bits per heavy atom. The van der Waals surface area contributed by atoms with Crippen molar-refractivity contribution >= 4 is 29.4 Å². The van der Waals surface area contributed by atoms with Crippen LogP contribution in [0.5, 0.6) is 0 Å². The Labute approximate surface area is 85.2 Å². The van der Waals surface area contributed by atoms with Crippen molar-refractivity contribution in [2.24, 2.45) is 0 Å². The van der Waals surface area contributed by atoms with E-state index in [4.69, 9.17) is 22.5 Å². The van der Waals surface area contributed by atoms with Crippen LogP contribution in [0.4, 0.5) is 5.82 Å². The summed E-state index contributed by atoms with van der Waals surface area (Å²) < 4.78 is 0. The normalized spacial score (nSPS) is 10.4. The minimum absolute atomic E-state index is 0.232. The summed E-state index contributed by atoms with van der Waals surface area (Å²) in [5.74, 6) is -0.395. The van der Waals surface area contributed by atoms with Gasteiger partial charge in [-0.2, -0.15) is 0 Å². The number of carbonyl (C=O) groups is 1. The highest BCUT2D eigenvalue weighted by molar-refractivity contribution is 6.32. The van der Waals surface area contributed by atoms with E-state index in [-0.39, 0.29) is 5.82 Å². The molecule has 1 rings (SSSR count). The van der Waals surface area contributed by atoms with Crippen LogP contribution in [-0.4, -0.2) is 16.1 Å². The van der Waals surface area contributed by atoms with Crippen molar-refractivity contribution in [3.8, 4) is 0 Å². The Morgan fingerprint density at radius 3 is 3.00 bits per heavy atom. The topological polar surface area (TPSA) is 88.2 Å². The summed E-state index contributed by atoms with van der Waals surface area (Å²) in [6, 6.07) is 1.56. The van der Waals surface area contributed by atoms with Crippen molar-refractivity contribution in [1.82, 2.24) is 10.5 Å². The molecule has 0 radical (unpaired) electrons. The van der Waals surface area contributed by atoms with Crippen LogP contribution in [0.3, 0.4) is 0 Å². The summed E-state index contributed by atoms with van der Waals surface area (Å²) in [5.41, 5.74) is 7.46. The molecule has 0 aliphatic heterocycles. The maximum Gasteiger partial charge on any atom is 0.267 e. The quantitative estimate of drug-likeness (QED) is 0.386. The monoisotopic (exact) mass is 213 g/mol. The van der Waals surface area contributed by atoms with Gasteiger partial charge in [0.15, 0.2) is 0 Å². The highest BCUT2D eigenvalue weighted by Gasteiger charge is 1.97. The van der Waals surface area contributed by atoms with Gasteiger partial charge in [-0.1, -0.05) is 11.6 Å². The van der Waals surface area contributed by atoms with E-state index in [1.165, 1.54) is 17.8 Å². The van der Waals surface area contributed by atoms with E-state index in [0.717, 1.165) is 6.08 Å². The third-order valence-electron chi connectivity index (χ3n) is 1.43. The molecular weight excluding hydrogens is 206 g/mol. The van der Waals surface area contributed by atoms with Gasteiger partial charge in [-0.25, -0.2) is 10.5 Å². The lowest BCUT2D eigenvalue weighted by molar-refractivity contribution is -0.124. The molecule has 14 heavy (non-hydrogen) atoms. The van der Waals surface area contributed by atoms with Crippen molar-refractivity contribution in [3.05, 3.63) is 28.9 Å². The molecule has 1 heterocycles. The number of nitrogens with two attached hydrogens (primary N) is 1. The number of halogens is 1. The fourth-order valence-corrected chi connectivity index (χ4v) is 0.938. The standard InChI is InChI=1S/C8H8ClN3O2/c9-6-3-5(4-11-8(6)10)1-2-7(13)12-14/h1-4,14H,(H2,10,11)(H,12,13)/b2-1+. The molecule has 0 aromatic carbocycles. The van der Waals surface area contributed by atoms with E-state index < -0.39 is 5.91 Å². The number of amides is 1. The first-order valence-corrected chi connectivity index (χ1v) is 4.04. The SMILES string of the molecule is Nc1ncc(/C=C/C(=O)NO)cc1Cl. The van der Waals surface area contributed by atoms with E-state index >= 15 is 0 Å². The van der Waals surface area contributed by atoms with Crippen LogP contribution >= 0.6 is 11.6 Å². The van der Waals surface area contributed by atoms with Gasteiger partial charge in [0.25, 0.3) is 5.91 Å². The van der Waals surface area contributed by atoms with Gasteiger partial charge in [0.2, 0.25) is 0 Å². The van der Waals surface area contributed by atoms with E-state index in [1.807, 2.05) is 0 Å². The zero-order valence-electron chi connectivity index (χ0n) is 7.07. The maximum absolute atomic E-state index is 10.6. The van der Waals surface area contributed by atoms with E-state index in [0.29, 0.717) is 10.6 Å². The second kappa shape index (κ2) is 4.59. The molecule has 0 aliphatic rings. The number of hydrogen-bond acceptors (Lipinski definition) is 4. The lowest BCUT2D eigenvalue weighted by Gasteiger charge is -1.97. The number of rotatable bonds is 2. The highest BCUT2D eigenvalue weighted by atomic mass is 35.5. The van der Waals surface area contributed by atoms with Crippen LogP contribution in [0.2, 0.25) is 5.02 Å². The first-order chi connectivity index (χ1) is 6.63. The zero-order valence-corrected chi connectivity index (χ0v) is 7.82. The molecule has 0 spiro atoms. The summed E-state index contributed by atoms with van der Waals surface area (Å²) in [5, 5.41) is 8.52. The highest BCUT2D eigenvalue weighted by Crippen LogP contribution is 2.17. The molecule has 1 aromatic rings. The minimum Gasteiger partial charge on any atom is -0.382 e. The second-order valence-corrected chi connectivity index (χ2v) is 2.85. The average Bonchev–Trinajstić information content (AvgIpc) is 2.19. The average molecular weight is 214 g/mol. The van der Waals surface area contributed by atoms with Crippen molar-refractivity contribution in [3.63, 3.8) is 0 Å². The van der Waals surface area contributed by atoms with Gasteiger partial charge in [-0.3, -0.25) is 10.0 Å². The van der Waals surface area contributed by atoms with Crippen molar-refractivity contribution in [2.45, 2.75) is 0 Å². The first-order valence-electron chi connectivity index (χ1n) is 3.66. The molecule has 0 saturated heterocycles. The van der Waals surface area contributed by atoms with Crippen LogP contribution in [0.1, 0.15) is 5.56 Å². The summed E-state index contributed by atoms with van der Waals surface area (Å²) in [6.45, 7) is 0. The summed E-state index contributed by atoms with van der Waals surface area (Å²) in [6.07, 6.45) is 4.05. The van der Waals surface area contributed by atoms with Gasteiger partial charge in [0, 0.05) is 12.3 Å². The summed E-state index contributed by atoms with van der Waals surface area (Å²) >= 11 is 5.69. The third kappa shape index (κ3) is 2.72. The van der Waals surface area contributed by atoms with E-state index in [2.05, 4.69) is 4.98 Å². The number of hydrogen-bond donors (Lipinski definition) is 3. The van der Waals surface area contributed by atoms with Gasteiger partial charge in [-0.05, 0) is 17.7 Å². The Balaban J connectivity index is 2.83. The van der Waals surface area contributed by atoms with Gasteiger partial charge < -0.3 is 5.73 Å². The Hall–Kier alpha value is -1.59. The minimum atomic E-state index is -0.627. The van der Waals surface area contributed by atoms with Crippen LogP contribution in [0.25, 0.3) is 6.08 Å². The van der Waals surface area contributed by atoms with Crippen LogP contribution < -0.4 is 11.2 Å². The van der Waals surface area contributed by atoms with Gasteiger partial charge in [-0.15, -0.1) is 0 Å². The Bertz CT molecular complexity index is 379. The predicted octanol–water partition coefficient (Wildman–Crippen LogP) is 0.836. The summed E-state index contributed by atoms with van der Waals surface area (Å²) in [7, 11) is 0. The molecule has 6 heteroatoms. The molecular formula is C8H8ClN3O2. The lowest BCUT2D eigenvalue weighted by atomic mass is 10.2. The molecule has 1 amide bonds. The maximum atomic E-state index is 10.6. The molecule has 5 nitrogen and oxygen atoms in total. The number of nitrogens with zero attached hydrogens (tertiary/aromatic N) is 1. The number of anilines is 1. The fraction of sp³-hybridized carbons (Fsp3) is 0. The molecule has 4 N–H and O–H groups in total. The molecule has 74 valence electrons. The lowest BCUT2D eigenvalue weighted by Crippen LogP contribution is -2.14.